The van der Waals surface area contributed by atoms with Crippen molar-refractivity contribution >= 4 is 64.0 Å². The van der Waals surface area contributed by atoms with Gasteiger partial charge in [-0.15, -0.1) is 0 Å². The molecular weight excluding hydrogens is 812 g/mol. The molecule has 4 aromatic rings. The van der Waals surface area contributed by atoms with Gasteiger partial charge in [-0.1, -0.05) is 55.4 Å². The van der Waals surface area contributed by atoms with Crippen LogP contribution in [0, 0.1) is 10.8 Å². The van der Waals surface area contributed by atoms with Crippen LogP contribution >= 0.6 is 23.4 Å². The number of carbonyl (C=O) groups is 1. The van der Waals surface area contributed by atoms with E-state index in [1.165, 1.54) is 28.8 Å². The Balaban J connectivity index is 0.927. The van der Waals surface area contributed by atoms with Crippen LogP contribution < -0.4 is 31.5 Å². The highest BCUT2D eigenvalue weighted by atomic mass is 35.5. The lowest BCUT2D eigenvalue weighted by atomic mass is 9.91. The minimum absolute atomic E-state index is 0.0784. The van der Waals surface area contributed by atoms with Gasteiger partial charge in [0, 0.05) is 93.7 Å². The first-order chi connectivity index (χ1) is 29.1. The van der Waals surface area contributed by atoms with E-state index in [0.29, 0.717) is 39.7 Å². The number of benzene rings is 3. The Kier molecular flexibility index (Phi) is 13.3. The van der Waals surface area contributed by atoms with Gasteiger partial charge in [0.15, 0.2) is 11.7 Å². The maximum absolute atomic E-state index is 12.9. The SMILES string of the molecule is CCNC(=O)C(=N)N(C(=N)c1cc(C(C)C)c(O)cc1O)c1ccc(CN2CC(N3CCN(c4cccc(Sc5ncc(N6CCC(C)(N)CC6)nc5N)c4Cl)CC3)C2)cc1. The zero-order valence-corrected chi connectivity index (χ0v) is 36.9. The van der Waals surface area contributed by atoms with Crippen molar-refractivity contribution < 1.29 is 15.0 Å². The molecule has 0 spiro atoms. The molecule has 61 heavy (non-hydrogen) atoms. The van der Waals surface area contributed by atoms with Gasteiger partial charge in [-0.2, -0.15) is 0 Å². The van der Waals surface area contributed by atoms with Crippen molar-refractivity contribution in [3.8, 4) is 11.5 Å². The lowest BCUT2D eigenvalue weighted by Crippen LogP contribution is -2.62. The number of hydrogen-bond donors (Lipinski definition) is 7. The Labute approximate surface area is 367 Å². The van der Waals surface area contributed by atoms with Gasteiger partial charge in [0.05, 0.1) is 22.5 Å². The number of aromatic hydroxyl groups is 2. The molecule has 9 N–H and O–H groups in total. The number of likely N-dealkylation sites (N-methyl/N-ethyl adjacent to an activating group) is 1. The van der Waals surface area contributed by atoms with E-state index in [-0.39, 0.29) is 34.4 Å². The summed E-state index contributed by atoms with van der Waals surface area (Å²) in [5.41, 5.74) is 15.7. The number of amides is 1. The van der Waals surface area contributed by atoms with Crippen LogP contribution in [0.4, 0.5) is 23.0 Å². The number of piperazine rings is 1. The Morgan fingerprint density at radius 1 is 1.02 bits per heavy atom. The summed E-state index contributed by atoms with van der Waals surface area (Å²) in [5.74, 6) is -0.662. The van der Waals surface area contributed by atoms with Crippen LogP contribution in [-0.2, 0) is 11.3 Å². The number of nitrogens with one attached hydrogen (secondary N) is 3. The number of nitrogens with two attached hydrogens (primary N) is 2. The minimum atomic E-state index is -0.645. The topological polar surface area (TPSA) is 211 Å². The number of carbonyl (C=O) groups excluding carboxylic acids is 1. The van der Waals surface area contributed by atoms with Crippen LogP contribution in [0.5, 0.6) is 11.5 Å². The van der Waals surface area contributed by atoms with E-state index in [4.69, 9.17) is 33.9 Å². The fourth-order valence-electron chi connectivity index (χ4n) is 8.11. The zero-order chi connectivity index (χ0) is 43.6. The van der Waals surface area contributed by atoms with Crippen molar-refractivity contribution in [1.29, 1.82) is 10.8 Å². The summed E-state index contributed by atoms with van der Waals surface area (Å²) in [5, 5.41) is 42.9. The Morgan fingerprint density at radius 2 is 1.70 bits per heavy atom. The minimum Gasteiger partial charge on any atom is -0.508 e. The molecule has 3 aliphatic heterocycles. The van der Waals surface area contributed by atoms with E-state index in [1.54, 1.807) is 25.3 Å². The maximum Gasteiger partial charge on any atom is 0.287 e. The summed E-state index contributed by atoms with van der Waals surface area (Å²) in [6, 6.07) is 16.8. The molecule has 0 saturated carbocycles. The van der Waals surface area contributed by atoms with Crippen molar-refractivity contribution in [2.75, 3.05) is 79.3 Å². The van der Waals surface area contributed by atoms with Crippen molar-refractivity contribution in [3.05, 3.63) is 82.5 Å². The lowest BCUT2D eigenvalue weighted by Gasteiger charge is -2.48. The summed E-state index contributed by atoms with van der Waals surface area (Å²) in [7, 11) is 0. The third-order valence-corrected chi connectivity index (χ3v) is 13.4. The summed E-state index contributed by atoms with van der Waals surface area (Å²) in [6.07, 6.45) is 3.57. The highest BCUT2D eigenvalue weighted by molar-refractivity contribution is 7.99. The van der Waals surface area contributed by atoms with Crippen molar-refractivity contribution in [2.45, 2.75) is 74.5 Å². The number of nitrogen functional groups attached to an aromatic ring is 1. The first kappa shape index (κ1) is 43.9. The molecular formula is C44H57ClN12O3S. The number of anilines is 4. The number of piperidine rings is 1. The normalized spacial score (nSPS) is 17.3. The molecule has 0 aliphatic carbocycles. The standard InChI is InChI=1S/C44H57ClN12O3S/c1-5-50-42(60)41(48)57(40(47)32-21-31(27(2)3)34(58)22-35(32)59)29-11-9-28(10-12-29)24-53-25-30(26-53)54-17-19-55(20-18-54)33-7-6-8-36(38(33)45)61-43-39(46)52-37(23-51-43)56-15-13-44(4,49)14-16-56/h6-12,21-23,27,30,47-48,58-59H,5,13-20,24-26,49H2,1-4H3,(H2,46,52)(H,50,60). The Hall–Kier alpha value is -5.13. The molecule has 3 fully saturated rings. The Morgan fingerprint density at radius 3 is 2.34 bits per heavy atom. The second kappa shape index (κ2) is 18.5. The van der Waals surface area contributed by atoms with Gasteiger partial charge < -0.3 is 36.8 Å². The number of rotatable bonds is 11. The second-order valence-corrected chi connectivity index (χ2v) is 18.2. The summed E-state index contributed by atoms with van der Waals surface area (Å²) >= 11 is 8.48. The average Bonchev–Trinajstić information content (AvgIpc) is 3.21. The number of aromatic nitrogens is 2. The summed E-state index contributed by atoms with van der Waals surface area (Å²) in [6.45, 7) is 15.8. The zero-order valence-electron chi connectivity index (χ0n) is 35.3. The molecule has 3 aliphatic rings. The third kappa shape index (κ3) is 9.84. The molecule has 1 aromatic heterocycles. The van der Waals surface area contributed by atoms with E-state index in [2.05, 4.69) is 47.9 Å². The number of amidine groups is 2. The third-order valence-electron chi connectivity index (χ3n) is 11.9. The van der Waals surface area contributed by atoms with Crippen LogP contribution in [0.3, 0.4) is 0 Å². The number of likely N-dealkylation sites (tertiary alicyclic amines) is 1. The Bertz CT molecular complexity index is 2250. The van der Waals surface area contributed by atoms with Gasteiger partial charge in [0.25, 0.3) is 5.91 Å². The number of phenols is 2. The molecule has 3 aromatic carbocycles. The summed E-state index contributed by atoms with van der Waals surface area (Å²) < 4.78 is 0. The molecule has 17 heteroatoms. The fraction of sp³-hybridized carbons (Fsp3) is 0.432. The van der Waals surface area contributed by atoms with E-state index in [9.17, 15) is 15.0 Å². The molecule has 0 atom stereocenters. The first-order valence-electron chi connectivity index (χ1n) is 20.9. The van der Waals surface area contributed by atoms with Crippen LogP contribution in [-0.4, -0.2) is 118 Å². The van der Waals surface area contributed by atoms with E-state index < -0.39 is 11.7 Å². The largest absolute Gasteiger partial charge is 0.508 e. The smallest absolute Gasteiger partial charge is 0.287 e. The van der Waals surface area contributed by atoms with Gasteiger partial charge in [-0.3, -0.25) is 30.3 Å². The highest BCUT2D eigenvalue weighted by Crippen LogP contribution is 2.41. The lowest BCUT2D eigenvalue weighted by molar-refractivity contribution is -0.114. The predicted molar refractivity (Wildman–Crippen MR) is 245 cm³/mol. The van der Waals surface area contributed by atoms with E-state index in [0.717, 1.165) is 93.7 Å². The van der Waals surface area contributed by atoms with Crippen LogP contribution in [0.25, 0.3) is 0 Å². The van der Waals surface area contributed by atoms with Gasteiger partial charge in [0.2, 0.25) is 0 Å². The number of nitrogens with zero attached hydrogens (tertiary/aromatic N) is 7. The quantitative estimate of drug-likeness (QED) is 0.0717. The van der Waals surface area contributed by atoms with E-state index in [1.807, 2.05) is 38.1 Å². The van der Waals surface area contributed by atoms with Crippen molar-refractivity contribution in [3.63, 3.8) is 0 Å². The first-order valence-corrected chi connectivity index (χ1v) is 22.1. The van der Waals surface area contributed by atoms with Gasteiger partial charge in [-0.25, -0.2) is 9.97 Å². The fourth-order valence-corrected chi connectivity index (χ4v) is 9.27. The van der Waals surface area contributed by atoms with Gasteiger partial charge >= 0.3 is 0 Å². The maximum atomic E-state index is 12.9. The molecule has 3 saturated heterocycles. The molecule has 0 bridgehead atoms. The van der Waals surface area contributed by atoms with E-state index >= 15 is 0 Å². The van der Waals surface area contributed by atoms with Crippen LogP contribution in [0.15, 0.2) is 70.7 Å². The molecule has 15 nitrogen and oxygen atoms in total. The molecule has 7 rings (SSSR count). The van der Waals surface area contributed by atoms with Crippen molar-refractivity contribution in [2.24, 2.45) is 5.73 Å². The molecule has 1 amide bonds. The molecule has 0 unspecified atom stereocenters. The molecule has 4 heterocycles. The average molecular weight is 870 g/mol. The second-order valence-electron chi connectivity index (χ2n) is 16.8. The van der Waals surface area contributed by atoms with Crippen molar-refractivity contribution in [1.82, 2.24) is 25.1 Å². The van der Waals surface area contributed by atoms with Crippen LogP contribution in [0.1, 0.15) is 63.1 Å². The molecule has 0 radical (unpaired) electrons. The van der Waals surface area contributed by atoms with Crippen LogP contribution in [0.2, 0.25) is 5.02 Å². The monoisotopic (exact) mass is 868 g/mol. The number of phenolic OH excluding ortho intramolecular Hbond substituents is 2. The van der Waals surface area contributed by atoms with Gasteiger partial charge in [-0.05, 0) is 74.1 Å². The molecule has 324 valence electrons. The van der Waals surface area contributed by atoms with Gasteiger partial charge in [0.1, 0.15) is 28.2 Å². The number of hydrogen-bond acceptors (Lipinski definition) is 14. The number of halogens is 1. The predicted octanol–water partition coefficient (Wildman–Crippen LogP) is 5.67. The summed E-state index contributed by atoms with van der Waals surface area (Å²) in [4.78, 5) is 33.8. The highest BCUT2D eigenvalue weighted by Gasteiger charge is 2.34.